The number of nitrogens with zero attached hydrogens (tertiary/aromatic N) is 1. The number of sulfonamides is 1. The van der Waals surface area contributed by atoms with E-state index in [4.69, 9.17) is 14.0 Å². The van der Waals surface area contributed by atoms with Crippen LogP contribution in [0.5, 0.6) is 0 Å². The molecule has 2 heterocycles. The van der Waals surface area contributed by atoms with Crippen LogP contribution in [-0.2, 0) is 36.9 Å². The SMILES string of the molecule is CC1(CCc2ccccc2)CC(Cc2ccc(S(=O)(=O)N3CCOCC3)cc2)C(B2OC(C)(C)C(C)(C)O2)C1. The topological polar surface area (TPSA) is 65.1 Å². The third kappa shape index (κ3) is 6.15. The maximum atomic E-state index is 13.1. The van der Waals surface area contributed by atoms with Crippen molar-refractivity contribution in [3.8, 4) is 0 Å². The van der Waals surface area contributed by atoms with Gasteiger partial charge in [0.2, 0.25) is 10.0 Å². The van der Waals surface area contributed by atoms with Crippen molar-refractivity contribution in [2.75, 3.05) is 26.3 Å². The second kappa shape index (κ2) is 10.9. The summed E-state index contributed by atoms with van der Waals surface area (Å²) in [6.07, 6.45) is 5.23. The van der Waals surface area contributed by atoms with E-state index in [1.54, 1.807) is 12.1 Å². The van der Waals surface area contributed by atoms with Gasteiger partial charge in [-0.1, -0.05) is 49.4 Å². The summed E-state index contributed by atoms with van der Waals surface area (Å²) in [7, 11) is -3.73. The van der Waals surface area contributed by atoms with Gasteiger partial charge in [-0.05, 0) is 100 Å². The summed E-state index contributed by atoms with van der Waals surface area (Å²) in [5.74, 6) is 0.672. The molecule has 6 nitrogen and oxygen atoms in total. The Balaban J connectivity index is 1.33. The molecule has 0 amide bonds. The molecule has 2 aromatic carbocycles. The molecule has 1 aliphatic carbocycles. The van der Waals surface area contributed by atoms with Gasteiger partial charge in [0, 0.05) is 13.1 Å². The van der Waals surface area contributed by atoms with Gasteiger partial charge in [0.1, 0.15) is 0 Å². The van der Waals surface area contributed by atoms with Crippen molar-refractivity contribution in [3.05, 3.63) is 65.7 Å². The normalized spacial score (nSPS) is 29.1. The molecule has 2 aromatic rings. The van der Waals surface area contributed by atoms with E-state index < -0.39 is 10.0 Å². The Labute approximate surface area is 235 Å². The minimum atomic E-state index is -3.49. The molecule has 39 heavy (non-hydrogen) atoms. The second-order valence-corrected chi connectivity index (χ2v) is 15.1. The zero-order valence-corrected chi connectivity index (χ0v) is 25.0. The number of rotatable bonds is 8. The van der Waals surface area contributed by atoms with Gasteiger partial charge >= 0.3 is 7.12 Å². The molecule has 2 aliphatic heterocycles. The second-order valence-electron chi connectivity index (χ2n) is 13.1. The Morgan fingerprint density at radius 2 is 1.46 bits per heavy atom. The summed E-state index contributed by atoms with van der Waals surface area (Å²) in [5.41, 5.74) is 2.01. The Morgan fingerprint density at radius 1 is 0.846 bits per heavy atom. The number of hydrogen-bond acceptors (Lipinski definition) is 5. The largest absolute Gasteiger partial charge is 0.461 e. The van der Waals surface area contributed by atoms with Crippen LogP contribution < -0.4 is 0 Å². The lowest BCUT2D eigenvalue weighted by Gasteiger charge is -2.32. The van der Waals surface area contributed by atoms with Crippen LogP contribution in [0, 0.1) is 11.3 Å². The van der Waals surface area contributed by atoms with Crippen LogP contribution in [0.2, 0.25) is 5.82 Å². The zero-order chi connectivity index (χ0) is 27.9. The molecule has 0 bridgehead atoms. The molecule has 3 atom stereocenters. The van der Waals surface area contributed by atoms with E-state index in [0.717, 1.165) is 37.7 Å². The molecule has 212 valence electrons. The molecule has 3 unspecified atom stereocenters. The monoisotopic (exact) mass is 553 g/mol. The van der Waals surface area contributed by atoms with Crippen LogP contribution in [0.15, 0.2) is 59.5 Å². The average molecular weight is 554 g/mol. The number of aryl methyl sites for hydroxylation is 1. The van der Waals surface area contributed by atoms with Crippen LogP contribution in [-0.4, -0.2) is 57.3 Å². The van der Waals surface area contributed by atoms with Crippen molar-refractivity contribution < 1.29 is 22.5 Å². The fraction of sp³-hybridized carbons (Fsp3) is 0.613. The molecule has 0 N–H and O–H groups in total. The van der Waals surface area contributed by atoms with E-state index in [0.29, 0.717) is 37.1 Å². The quantitative estimate of drug-likeness (QED) is 0.389. The summed E-state index contributed by atoms with van der Waals surface area (Å²) in [6.45, 7) is 12.6. The van der Waals surface area contributed by atoms with Crippen molar-refractivity contribution in [2.45, 2.75) is 88.6 Å². The van der Waals surface area contributed by atoms with Crippen LogP contribution >= 0.6 is 0 Å². The lowest BCUT2D eigenvalue weighted by molar-refractivity contribution is 0.00578. The molecule has 5 rings (SSSR count). The first-order chi connectivity index (χ1) is 18.4. The standard InChI is InChI=1S/C31H44BNO5S/c1-29(2)30(3,4)38-32(37-29)28-23-31(5,16-15-24-9-7-6-8-10-24)22-26(28)21-25-11-13-27(14-12-25)39(34,35)33-17-19-36-20-18-33/h6-14,26,28H,15-23H2,1-5H3. The van der Waals surface area contributed by atoms with Crippen molar-refractivity contribution >= 4 is 17.1 Å². The number of morpholine rings is 1. The lowest BCUT2D eigenvalue weighted by Crippen LogP contribution is -2.41. The minimum Gasteiger partial charge on any atom is -0.403 e. The van der Waals surface area contributed by atoms with E-state index in [-0.39, 0.29) is 29.6 Å². The predicted molar refractivity (Wildman–Crippen MR) is 155 cm³/mol. The number of benzene rings is 2. The lowest BCUT2D eigenvalue weighted by atomic mass is 9.64. The molecule has 2 saturated heterocycles. The van der Waals surface area contributed by atoms with Gasteiger partial charge in [-0.15, -0.1) is 0 Å². The average Bonchev–Trinajstić information content (AvgIpc) is 3.35. The molecule has 0 aromatic heterocycles. The van der Waals surface area contributed by atoms with E-state index in [2.05, 4.69) is 65.0 Å². The summed E-state index contributed by atoms with van der Waals surface area (Å²) >= 11 is 0. The Bertz CT molecular complexity index is 1210. The molecule has 0 spiro atoms. The Kier molecular flexibility index (Phi) is 8.08. The highest BCUT2D eigenvalue weighted by molar-refractivity contribution is 7.89. The Hall–Kier alpha value is -1.71. The smallest absolute Gasteiger partial charge is 0.403 e. The van der Waals surface area contributed by atoms with Crippen molar-refractivity contribution in [1.82, 2.24) is 4.31 Å². The summed E-state index contributed by atoms with van der Waals surface area (Å²) in [4.78, 5) is 0.356. The summed E-state index contributed by atoms with van der Waals surface area (Å²) in [6, 6.07) is 18.3. The highest BCUT2D eigenvalue weighted by Gasteiger charge is 2.58. The van der Waals surface area contributed by atoms with Crippen molar-refractivity contribution in [1.29, 1.82) is 0 Å². The van der Waals surface area contributed by atoms with Gasteiger partial charge in [-0.25, -0.2) is 8.42 Å². The Morgan fingerprint density at radius 3 is 2.08 bits per heavy atom. The molecule has 8 heteroatoms. The van der Waals surface area contributed by atoms with Gasteiger partial charge in [-0.3, -0.25) is 0 Å². The summed E-state index contributed by atoms with van der Waals surface area (Å²) < 4.78 is 46.2. The van der Waals surface area contributed by atoms with Crippen LogP contribution in [0.3, 0.4) is 0 Å². The molecule has 1 saturated carbocycles. The fourth-order valence-electron chi connectivity index (χ4n) is 6.54. The van der Waals surface area contributed by atoms with E-state index in [1.165, 1.54) is 9.87 Å². The third-order valence-electron chi connectivity index (χ3n) is 9.60. The molecular formula is C31H44BNO5S. The van der Waals surface area contributed by atoms with Gasteiger partial charge in [-0.2, -0.15) is 4.31 Å². The highest BCUT2D eigenvalue weighted by atomic mass is 32.2. The van der Waals surface area contributed by atoms with Crippen molar-refractivity contribution in [3.63, 3.8) is 0 Å². The van der Waals surface area contributed by atoms with E-state index in [9.17, 15) is 8.42 Å². The van der Waals surface area contributed by atoms with Crippen LogP contribution in [0.25, 0.3) is 0 Å². The van der Waals surface area contributed by atoms with Gasteiger partial charge in [0.15, 0.2) is 0 Å². The van der Waals surface area contributed by atoms with Crippen LogP contribution in [0.4, 0.5) is 0 Å². The molecule has 0 radical (unpaired) electrons. The first kappa shape index (κ1) is 28.8. The molecule has 3 fully saturated rings. The maximum Gasteiger partial charge on any atom is 0.461 e. The molecule has 3 aliphatic rings. The van der Waals surface area contributed by atoms with Crippen molar-refractivity contribution in [2.24, 2.45) is 11.3 Å². The first-order valence-electron chi connectivity index (χ1n) is 14.5. The third-order valence-corrected chi connectivity index (χ3v) is 11.5. The number of ether oxygens (including phenoxy) is 1. The number of hydrogen-bond donors (Lipinski definition) is 0. The molecular weight excluding hydrogens is 509 g/mol. The van der Waals surface area contributed by atoms with Gasteiger partial charge in [0.25, 0.3) is 0 Å². The van der Waals surface area contributed by atoms with Gasteiger partial charge in [0.05, 0.1) is 29.3 Å². The van der Waals surface area contributed by atoms with Crippen LogP contribution in [0.1, 0.15) is 65.0 Å². The zero-order valence-electron chi connectivity index (χ0n) is 24.2. The fourth-order valence-corrected chi connectivity index (χ4v) is 7.95. The predicted octanol–water partition coefficient (Wildman–Crippen LogP) is 5.76. The van der Waals surface area contributed by atoms with E-state index >= 15 is 0 Å². The maximum absolute atomic E-state index is 13.1. The van der Waals surface area contributed by atoms with E-state index in [1.807, 2.05) is 12.1 Å². The summed E-state index contributed by atoms with van der Waals surface area (Å²) in [5, 5.41) is 0. The van der Waals surface area contributed by atoms with Gasteiger partial charge < -0.3 is 14.0 Å². The minimum absolute atomic E-state index is 0.189. The first-order valence-corrected chi connectivity index (χ1v) is 15.9. The highest BCUT2D eigenvalue weighted by Crippen LogP contribution is 2.56.